The predicted octanol–water partition coefficient (Wildman–Crippen LogP) is -21.8. The van der Waals surface area contributed by atoms with Crippen LogP contribution in [-0.2, 0) is 0 Å². The Kier molecular flexibility index (Phi) is 13.9. The average Bonchev–Trinajstić information content (AvgIpc) is 2.15. The quantitative estimate of drug-likeness (QED) is 0.0977. The average molecular weight is 941 g/mol. The summed E-state index contributed by atoms with van der Waals surface area (Å²) >= 11 is 0. The van der Waals surface area contributed by atoms with Gasteiger partial charge in [0.05, 0.1) is 0 Å². The van der Waals surface area contributed by atoms with E-state index >= 15 is 0 Å². The number of benzene rings is 10. The molecule has 0 saturated carbocycles. The van der Waals surface area contributed by atoms with Crippen molar-refractivity contribution in [3.63, 3.8) is 0 Å². The first-order valence-electron chi connectivity index (χ1n) is 23.8. The van der Waals surface area contributed by atoms with Crippen LogP contribution in [0.15, 0.2) is 4.42 Å². The van der Waals surface area contributed by atoms with Crippen LogP contribution < -0.4 is 164 Å². The molecular formula is C50B30O. The lowest BCUT2D eigenvalue weighted by atomic mass is 9.55. The minimum Gasteiger partial charge on any atom is -0.457 e. The third-order valence-electron chi connectivity index (χ3n) is 16.0. The normalized spacial score (nSPS) is 12.0. The molecule has 81 heavy (non-hydrogen) atoms. The van der Waals surface area contributed by atoms with Gasteiger partial charge in [0.15, 0.2) is 0 Å². The second kappa shape index (κ2) is 19.4. The highest BCUT2D eigenvalue weighted by molar-refractivity contribution is 6.79. The minimum atomic E-state index is -0.310. The Labute approximate surface area is 509 Å². The van der Waals surface area contributed by atoms with E-state index in [4.69, 9.17) is 240 Å². The van der Waals surface area contributed by atoms with Crippen LogP contribution in [0.25, 0.3) is 109 Å². The molecule has 10 aromatic carbocycles. The molecule has 0 aliphatic heterocycles. The topological polar surface area (TPSA) is 13.1 Å². The van der Waals surface area contributed by atoms with Gasteiger partial charge in [-0.3, -0.25) is 0 Å². The van der Waals surface area contributed by atoms with Gasteiger partial charge >= 0.3 is 0 Å². The Hall–Kier alpha value is -4.75. The monoisotopic (exact) mass is 946 g/mol. The zero-order valence-electron chi connectivity index (χ0n) is 42.7. The molecule has 0 N–H and O–H groups in total. The maximum absolute atomic E-state index is 7.39. The maximum Gasteiger partial charge on any atom is 0.128 e. The van der Waals surface area contributed by atoms with Crippen molar-refractivity contribution in [2.24, 2.45) is 0 Å². The number of hydrogen-bond acceptors (Lipinski definition) is 1. The fourth-order valence-electron chi connectivity index (χ4n) is 11.8. The molecule has 0 saturated heterocycles. The first kappa shape index (κ1) is 58.0. The molecule has 0 bridgehead atoms. The van der Waals surface area contributed by atoms with Gasteiger partial charge in [-0.1, -0.05) is 98.3 Å². The van der Waals surface area contributed by atoms with Crippen LogP contribution in [0.5, 0.6) is 0 Å². The van der Waals surface area contributed by atoms with Crippen LogP contribution in [-0.4, -0.2) is 235 Å². The lowest BCUT2D eigenvalue weighted by molar-refractivity contribution is 0.675. The van der Waals surface area contributed by atoms with Crippen molar-refractivity contribution in [2.75, 3.05) is 0 Å². The number of hydrogen-bond donors (Lipinski definition) is 0. The Bertz CT molecular complexity index is 4820. The molecule has 0 amide bonds. The van der Waals surface area contributed by atoms with Crippen LogP contribution in [0.1, 0.15) is 0 Å². The summed E-state index contributed by atoms with van der Waals surface area (Å²) in [4.78, 5) is 0. The highest BCUT2D eigenvalue weighted by Gasteiger charge is 2.32. The fourth-order valence-corrected chi connectivity index (χ4v) is 11.8. The van der Waals surface area contributed by atoms with Crippen LogP contribution in [0.3, 0.4) is 0 Å². The zero-order valence-corrected chi connectivity index (χ0v) is 42.7. The Morgan fingerprint density at radius 2 is 0.321 bits per heavy atom. The molecule has 11 rings (SSSR count). The Balaban J connectivity index is 1.39. The van der Waals surface area contributed by atoms with Gasteiger partial charge in [-0.15, -0.1) is 60.1 Å². The highest BCUT2D eigenvalue weighted by Crippen LogP contribution is 2.42. The van der Waals surface area contributed by atoms with E-state index < -0.39 is 0 Å². The standard InChI is InChI=1S/C50B30O/c51-19-3(8-9(26(58)42(74)41(73)25(8)57)10-14(19)33(65)44(76)43(75)27(10)59)1-4-6(23(55)39(71)37(69)21(4)53)2(7-5(1)22(54)38(70)40(72)24(7)56)13-29(61)31(63)15(32(64)30(13)62)11-12-18-20(52)16-17(35(67)46(78)45(77)34(16)66)36(68)50(18)81-49(12)48(80)47(79)28(11)60. The molecule has 0 aliphatic rings. The molecule has 0 aliphatic carbocycles. The third-order valence-corrected chi connectivity index (χ3v) is 16.0. The van der Waals surface area contributed by atoms with Gasteiger partial charge in [0.2, 0.25) is 0 Å². The van der Waals surface area contributed by atoms with Crippen molar-refractivity contribution in [2.45, 2.75) is 0 Å². The van der Waals surface area contributed by atoms with E-state index in [0.29, 0.717) is 0 Å². The number of furan rings is 1. The lowest BCUT2D eigenvalue weighted by Gasteiger charge is -2.33. The third kappa shape index (κ3) is 7.30. The van der Waals surface area contributed by atoms with Gasteiger partial charge in [0, 0.05) is 10.8 Å². The first-order chi connectivity index (χ1) is 37.8. The molecular weight excluding hydrogens is 941 g/mol. The molecule has 1 heterocycles. The molecule has 31 heteroatoms. The van der Waals surface area contributed by atoms with Crippen LogP contribution in [0.2, 0.25) is 0 Å². The Morgan fingerprint density at radius 3 is 0.679 bits per heavy atom. The molecule has 11 aromatic rings. The van der Waals surface area contributed by atoms with Crippen molar-refractivity contribution >= 4 is 475 Å². The van der Waals surface area contributed by atoms with Crippen LogP contribution in [0, 0.1) is 0 Å². The van der Waals surface area contributed by atoms with Gasteiger partial charge < -0.3 is 4.42 Å². The second-order valence-electron chi connectivity index (χ2n) is 19.9. The first-order valence-corrected chi connectivity index (χ1v) is 23.8. The fraction of sp³-hybridized carbons (Fsp3) is 0. The molecule has 296 valence electrons. The zero-order chi connectivity index (χ0) is 59.6. The second-order valence-corrected chi connectivity index (χ2v) is 19.9. The van der Waals surface area contributed by atoms with E-state index in [9.17, 15) is 0 Å². The summed E-state index contributed by atoms with van der Waals surface area (Å²) in [6.07, 6.45) is 0. The summed E-state index contributed by atoms with van der Waals surface area (Å²) in [5.41, 5.74) is -5.74. The van der Waals surface area contributed by atoms with Crippen LogP contribution >= 0.6 is 0 Å². The van der Waals surface area contributed by atoms with Crippen molar-refractivity contribution < 1.29 is 4.42 Å². The molecule has 0 atom stereocenters. The summed E-state index contributed by atoms with van der Waals surface area (Å²) in [7, 11) is 206. The smallest absolute Gasteiger partial charge is 0.128 e. The minimum absolute atomic E-state index is 0.0148. The highest BCUT2D eigenvalue weighted by atomic mass is 16.3. The van der Waals surface area contributed by atoms with Crippen molar-refractivity contribution in [1.82, 2.24) is 0 Å². The van der Waals surface area contributed by atoms with E-state index in [1.54, 1.807) is 0 Å². The molecule has 60 radical (unpaired) electrons. The van der Waals surface area contributed by atoms with E-state index in [0.717, 1.165) is 0 Å². The van der Waals surface area contributed by atoms with Gasteiger partial charge in [-0.25, -0.2) is 0 Å². The van der Waals surface area contributed by atoms with Gasteiger partial charge in [0.1, 0.15) is 247 Å². The lowest BCUT2D eigenvalue weighted by Crippen LogP contribution is -2.52. The van der Waals surface area contributed by atoms with E-state index in [-0.39, 0.29) is 273 Å². The summed E-state index contributed by atoms with van der Waals surface area (Å²) in [6, 6.07) is 0. The van der Waals surface area contributed by atoms with E-state index in [1.165, 1.54) is 0 Å². The summed E-state index contributed by atoms with van der Waals surface area (Å²) in [5.74, 6) is 0. The summed E-state index contributed by atoms with van der Waals surface area (Å²) in [6.45, 7) is 0. The Morgan fingerprint density at radius 1 is 0.111 bits per heavy atom. The maximum atomic E-state index is 7.39. The SMILES string of the molecule is [B]c1c([B])c(-c2c([B])c([B])c([B])c3oc4c([B])c5c([B])c([B])c([B])c([B])c5c([B])c4c23)c([B])c([B])c1-c1c2c([B])c([B])c([B])c([B])c2c(-c2c([B])c3c([B])c([B])c([B])c([B])c3c3c([B])c([B])c([B])c([B])c23)c2c([B])c([B])c([B])c([B])c12. The largest absolute Gasteiger partial charge is 0.457 e. The number of fused-ring (bicyclic) bond motifs is 9. The van der Waals surface area contributed by atoms with Crippen molar-refractivity contribution in [1.29, 1.82) is 0 Å². The van der Waals surface area contributed by atoms with E-state index in [2.05, 4.69) is 0 Å². The summed E-state index contributed by atoms with van der Waals surface area (Å²) in [5, 5.41) is 0.387. The van der Waals surface area contributed by atoms with E-state index in [1.807, 2.05) is 0 Å². The molecule has 0 unspecified atom stereocenters. The molecule has 1 nitrogen and oxygen atoms in total. The predicted molar refractivity (Wildman–Crippen MR) is 379 cm³/mol. The molecule has 1 aromatic heterocycles. The molecule has 0 fully saturated rings. The van der Waals surface area contributed by atoms with Gasteiger partial charge in [-0.05, 0) is 92.7 Å². The van der Waals surface area contributed by atoms with Crippen molar-refractivity contribution in [3.05, 3.63) is 0 Å². The summed E-state index contributed by atoms with van der Waals surface area (Å²) < 4.78 is 6.41. The van der Waals surface area contributed by atoms with Gasteiger partial charge in [0.25, 0.3) is 0 Å². The van der Waals surface area contributed by atoms with Gasteiger partial charge in [-0.2, -0.15) is 0 Å². The number of rotatable bonds is 3. The van der Waals surface area contributed by atoms with Crippen LogP contribution in [0.4, 0.5) is 0 Å². The van der Waals surface area contributed by atoms with Crippen molar-refractivity contribution in [3.8, 4) is 33.4 Å². The molecule has 0 spiro atoms.